The minimum atomic E-state index is -0.490. The molecule has 2 aromatic heterocycles. The van der Waals surface area contributed by atoms with Crippen molar-refractivity contribution in [2.24, 2.45) is 0 Å². The summed E-state index contributed by atoms with van der Waals surface area (Å²) >= 11 is 0. The number of ether oxygens (including phenoxy) is 1. The molecule has 0 aromatic carbocycles. The lowest BCUT2D eigenvalue weighted by Gasteiger charge is -2.31. The van der Waals surface area contributed by atoms with Crippen LogP contribution in [0.3, 0.4) is 0 Å². The van der Waals surface area contributed by atoms with E-state index in [1.54, 1.807) is 4.90 Å². The molecule has 9 heteroatoms. The maximum atomic E-state index is 13.5. The Morgan fingerprint density at radius 1 is 1.42 bits per heavy atom. The zero-order valence-electron chi connectivity index (χ0n) is 12.8. The van der Waals surface area contributed by atoms with Gasteiger partial charge in [-0.1, -0.05) is 0 Å². The molecule has 24 heavy (non-hydrogen) atoms. The normalized spacial score (nSPS) is 15.1. The Labute approximate surface area is 137 Å². The third-order valence-corrected chi connectivity index (χ3v) is 3.73. The molecule has 0 saturated carbocycles. The molecule has 0 atom stereocenters. The quantitative estimate of drug-likeness (QED) is 0.821. The predicted octanol–water partition coefficient (Wildman–Crippen LogP) is 0.754. The van der Waals surface area contributed by atoms with Gasteiger partial charge in [0.25, 0.3) is 11.7 Å². The van der Waals surface area contributed by atoms with Crippen LogP contribution in [0.5, 0.6) is 5.88 Å². The summed E-state index contributed by atoms with van der Waals surface area (Å²) in [5.41, 5.74) is 0. The van der Waals surface area contributed by atoms with Crippen molar-refractivity contribution in [3.05, 3.63) is 36.3 Å². The molecule has 0 spiro atoms. The number of carbonyl (C=O) groups excluding carboxylic acids is 1. The van der Waals surface area contributed by atoms with Crippen molar-refractivity contribution in [3.8, 4) is 11.9 Å². The minimum absolute atomic E-state index is 0.00563. The van der Waals surface area contributed by atoms with Gasteiger partial charge < -0.3 is 9.64 Å². The van der Waals surface area contributed by atoms with Gasteiger partial charge >= 0.3 is 0 Å². The molecule has 1 saturated heterocycles. The molecule has 0 radical (unpaired) electrons. The van der Waals surface area contributed by atoms with Gasteiger partial charge in [-0.25, -0.2) is 19.0 Å². The zero-order chi connectivity index (χ0) is 16.9. The van der Waals surface area contributed by atoms with Crippen molar-refractivity contribution >= 4 is 5.91 Å². The summed E-state index contributed by atoms with van der Waals surface area (Å²) in [6, 6.07) is 4.62. The summed E-state index contributed by atoms with van der Waals surface area (Å²) in [6.45, 7) is 1.06. The highest BCUT2D eigenvalue weighted by Crippen LogP contribution is 2.19. The molecule has 124 valence electrons. The van der Waals surface area contributed by atoms with Crippen LogP contribution in [0.1, 0.15) is 18.7 Å². The Hall–Kier alpha value is -3.02. The molecule has 2 aromatic rings. The largest absolute Gasteiger partial charge is 0.472 e. The number of halogens is 1. The second-order valence-corrected chi connectivity index (χ2v) is 5.37. The fourth-order valence-corrected chi connectivity index (χ4v) is 2.50. The Morgan fingerprint density at radius 3 is 2.88 bits per heavy atom. The molecule has 8 nitrogen and oxygen atoms in total. The standard InChI is InChI=1S/C15H15FN6O2/c16-12-2-1-5-18-15(12)24-11-3-6-21(7-4-11)14(23)9-22-10-19-13(8-17)20-22/h1-2,5,10-11H,3-4,6-7,9H2. The first-order valence-corrected chi connectivity index (χ1v) is 7.50. The van der Waals surface area contributed by atoms with Gasteiger partial charge in [0.1, 0.15) is 25.0 Å². The molecule has 0 N–H and O–H groups in total. The molecule has 0 aliphatic carbocycles. The van der Waals surface area contributed by atoms with E-state index < -0.39 is 5.82 Å². The number of nitriles is 1. The maximum absolute atomic E-state index is 13.5. The fourth-order valence-electron chi connectivity index (χ4n) is 2.50. The molecule has 1 fully saturated rings. The van der Waals surface area contributed by atoms with Gasteiger partial charge in [-0.05, 0) is 12.1 Å². The van der Waals surface area contributed by atoms with Crippen molar-refractivity contribution in [2.75, 3.05) is 13.1 Å². The van der Waals surface area contributed by atoms with Crippen molar-refractivity contribution in [1.82, 2.24) is 24.6 Å². The molecular formula is C15H15FN6O2. The number of hydrogen-bond acceptors (Lipinski definition) is 6. The van der Waals surface area contributed by atoms with Crippen molar-refractivity contribution in [2.45, 2.75) is 25.5 Å². The van der Waals surface area contributed by atoms with E-state index in [2.05, 4.69) is 15.1 Å². The van der Waals surface area contributed by atoms with Gasteiger partial charge in [-0.15, -0.1) is 5.10 Å². The predicted molar refractivity (Wildman–Crippen MR) is 79.2 cm³/mol. The first kappa shape index (κ1) is 15.9. The Balaban J connectivity index is 1.50. The summed E-state index contributed by atoms with van der Waals surface area (Å²) < 4.78 is 20.4. The number of nitrogens with zero attached hydrogens (tertiary/aromatic N) is 6. The summed E-state index contributed by atoms with van der Waals surface area (Å²) in [6.07, 6.45) is 3.86. The van der Waals surface area contributed by atoms with E-state index in [4.69, 9.17) is 10.00 Å². The first-order chi connectivity index (χ1) is 11.7. The molecule has 1 aliphatic rings. The van der Waals surface area contributed by atoms with E-state index in [9.17, 15) is 9.18 Å². The summed E-state index contributed by atoms with van der Waals surface area (Å²) in [4.78, 5) is 21.5. The number of amides is 1. The Kier molecular flexibility index (Phi) is 4.65. The summed E-state index contributed by atoms with van der Waals surface area (Å²) in [5, 5.41) is 12.5. The number of rotatable bonds is 4. The number of aromatic nitrogens is 4. The monoisotopic (exact) mass is 330 g/mol. The van der Waals surface area contributed by atoms with Crippen LogP contribution in [-0.4, -0.2) is 49.7 Å². The second-order valence-electron chi connectivity index (χ2n) is 5.37. The molecule has 0 bridgehead atoms. The van der Waals surface area contributed by atoms with Gasteiger partial charge in [0.15, 0.2) is 5.82 Å². The van der Waals surface area contributed by atoms with E-state index in [1.807, 2.05) is 6.07 Å². The number of piperidine rings is 1. The lowest BCUT2D eigenvalue weighted by atomic mass is 10.1. The zero-order valence-corrected chi connectivity index (χ0v) is 12.8. The molecule has 3 heterocycles. The van der Waals surface area contributed by atoms with Crippen LogP contribution in [0.25, 0.3) is 0 Å². The average molecular weight is 330 g/mol. The van der Waals surface area contributed by atoms with Gasteiger partial charge in [0, 0.05) is 32.1 Å². The third kappa shape index (κ3) is 3.65. The molecule has 1 aliphatic heterocycles. The minimum Gasteiger partial charge on any atom is -0.472 e. The fraction of sp³-hybridized carbons (Fsp3) is 0.400. The van der Waals surface area contributed by atoms with Crippen molar-refractivity contribution in [3.63, 3.8) is 0 Å². The lowest BCUT2D eigenvalue weighted by Crippen LogP contribution is -2.43. The van der Waals surface area contributed by atoms with Crippen LogP contribution in [0.2, 0.25) is 0 Å². The second kappa shape index (κ2) is 7.04. The van der Waals surface area contributed by atoms with E-state index in [-0.39, 0.29) is 30.3 Å². The van der Waals surface area contributed by atoms with Crippen molar-refractivity contribution in [1.29, 1.82) is 5.26 Å². The van der Waals surface area contributed by atoms with E-state index >= 15 is 0 Å². The Bertz CT molecular complexity index is 763. The Morgan fingerprint density at radius 2 is 2.21 bits per heavy atom. The number of hydrogen-bond donors (Lipinski definition) is 0. The summed E-state index contributed by atoms with van der Waals surface area (Å²) in [5.74, 6) is -0.566. The van der Waals surface area contributed by atoms with Crippen LogP contribution in [0.15, 0.2) is 24.7 Å². The maximum Gasteiger partial charge on any atom is 0.252 e. The highest BCUT2D eigenvalue weighted by atomic mass is 19.1. The van der Waals surface area contributed by atoms with Gasteiger partial charge in [0.2, 0.25) is 5.91 Å². The van der Waals surface area contributed by atoms with Crippen LogP contribution in [0, 0.1) is 17.1 Å². The van der Waals surface area contributed by atoms with E-state index in [0.29, 0.717) is 25.9 Å². The smallest absolute Gasteiger partial charge is 0.252 e. The van der Waals surface area contributed by atoms with Gasteiger partial charge in [-0.3, -0.25) is 4.79 Å². The lowest BCUT2D eigenvalue weighted by molar-refractivity contribution is -0.133. The van der Waals surface area contributed by atoms with Crippen molar-refractivity contribution < 1.29 is 13.9 Å². The van der Waals surface area contributed by atoms with E-state index in [0.717, 1.165) is 0 Å². The topological polar surface area (TPSA) is 96.9 Å². The molecule has 0 unspecified atom stereocenters. The van der Waals surface area contributed by atoms with Gasteiger partial charge in [0.05, 0.1) is 0 Å². The highest BCUT2D eigenvalue weighted by molar-refractivity contribution is 5.76. The van der Waals surface area contributed by atoms with E-state index in [1.165, 1.54) is 29.3 Å². The number of likely N-dealkylation sites (tertiary alicyclic amines) is 1. The number of pyridine rings is 1. The van der Waals surface area contributed by atoms with Crippen LogP contribution in [0.4, 0.5) is 4.39 Å². The highest BCUT2D eigenvalue weighted by Gasteiger charge is 2.25. The molecule has 1 amide bonds. The van der Waals surface area contributed by atoms with Gasteiger partial charge in [-0.2, -0.15) is 5.26 Å². The molecular weight excluding hydrogens is 315 g/mol. The van der Waals surface area contributed by atoms with Crippen LogP contribution in [-0.2, 0) is 11.3 Å². The first-order valence-electron chi connectivity index (χ1n) is 7.50. The molecule has 3 rings (SSSR count). The average Bonchev–Trinajstić information content (AvgIpc) is 3.05. The summed E-state index contributed by atoms with van der Waals surface area (Å²) in [7, 11) is 0. The van der Waals surface area contributed by atoms with Crippen LogP contribution >= 0.6 is 0 Å². The van der Waals surface area contributed by atoms with Crippen LogP contribution < -0.4 is 4.74 Å². The SMILES string of the molecule is N#Cc1ncn(CC(=O)N2CCC(Oc3ncccc3F)CC2)n1. The number of carbonyl (C=O) groups is 1. The third-order valence-electron chi connectivity index (χ3n) is 3.73.